The molecule has 7 heteroatoms. The summed E-state index contributed by atoms with van der Waals surface area (Å²) in [5.74, 6) is 1.46. The number of hydrogen-bond acceptors (Lipinski definition) is 5. The third kappa shape index (κ3) is 5.98. The molecule has 3 aromatic rings. The van der Waals surface area contributed by atoms with Crippen LogP contribution in [0, 0.1) is 12.8 Å². The van der Waals surface area contributed by atoms with Crippen molar-refractivity contribution in [1.82, 2.24) is 35.4 Å². The third-order valence-corrected chi connectivity index (χ3v) is 7.96. The van der Waals surface area contributed by atoms with Gasteiger partial charge in [0.05, 0.1) is 23.1 Å². The van der Waals surface area contributed by atoms with E-state index in [1.165, 1.54) is 37.7 Å². The van der Waals surface area contributed by atoms with Crippen molar-refractivity contribution in [3.05, 3.63) is 78.5 Å². The highest BCUT2D eigenvalue weighted by Gasteiger charge is 2.22. The van der Waals surface area contributed by atoms with E-state index in [1.54, 1.807) is 0 Å². The van der Waals surface area contributed by atoms with Crippen LogP contribution in [0.1, 0.15) is 62.5 Å². The number of aryl methyl sites for hydroxylation is 1. The van der Waals surface area contributed by atoms with E-state index in [-0.39, 0.29) is 0 Å². The van der Waals surface area contributed by atoms with Gasteiger partial charge in [0.15, 0.2) is 5.82 Å². The highest BCUT2D eigenvalue weighted by Crippen LogP contribution is 2.31. The fourth-order valence-corrected chi connectivity index (χ4v) is 5.78. The van der Waals surface area contributed by atoms with Gasteiger partial charge in [-0.3, -0.25) is 10.1 Å². The van der Waals surface area contributed by atoms with Crippen molar-refractivity contribution in [2.75, 3.05) is 26.2 Å². The third-order valence-electron chi connectivity index (χ3n) is 7.96. The summed E-state index contributed by atoms with van der Waals surface area (Å²) in [5.41, 5.74) is 8.07. The minimum Gasteiger partial charge on any atom is -0.370 e. The van der Waals surface area contributed by atoms with Crippen molar-refractivity contribution in [3.63, 3.8) is 0 Å². The normalized spacial score (nSPS) is 18.1. The molecule has 0 aromatic carbocycles. The van der Waals surface area contributed by atoms with Gasteiger partial charge in [0, 0.05) is 24.2 Å². The van der Waals surface area contributed by atoms with Gasteiger partial charge in [-0.05, 0) is 101 Å². The smallest absolute Gasteiger partial charge is 0.159 e. The van der Waals surface area contributed by atoms with E-state index in [0.717, 1.165) is 83.4 Å². The zero-order chi connectivity index (χ0) is 27.2. The largest absolute Gasteiger partial charge is 0.370 e. The Bertz CT molecular complexity index is 1410. The molecule has 0 amide bonds. The van der Waals surface area contributed by atoms with E-state index in [4.69, 9.17) is 9.97 Å². The molecule has 0 atom stereocenters. The quantitative estimate of drug-likeness (QED) is 0.276. The van der Waals surface area contributed by atoms with Crippen LogP contribution < -0.4 is 5.32 Å². The fourth-order valence-electron chi connectivity index (χ4n) is 5.78. The molecule has 0 radical (unpaired) electrons. The molecule has 2 saturated heterocycles. The summed E-state index contributed by atoms with van der Waals surface area (Å²) in [5, 5.41) is 12.3. The first kappa shape index (κ1) is 26.9. The maximum atomic E-state index is 5.06. The molecule has 5 heterocycles. The molecule has 3 aromatic heterocycles. The van der Waals surface area contributed by atoms with Crippen LogP contribution in [-0.2, 0) is 0 Å². The summed E-state index contributed by atoms with van der Waals surface area (Å²) in [6, 6.07) is 2.12. The first-order chi connectivity index (χ1) is 19.1. The van der Waals surface area contributed by atoms with Gasteiger partial charge in [-0.25, -0.2) is 4.98 Å². The molecule has 0 unspecified atom stereocenters. The molecule has 204 valence electrons. The number of nitrogens with one attached hydrogen (secondary N) is 3. The molecule has 2 aliphatic heterocycles. The number of pyridine rings is 1. The lowest BCUT2D eigenvalue weighted by Crippen LogP contribution is -2.28. The van der Waals surface area contributed by atoms with E-state index in [9.17, 15) is 0 Å². The number of aromatic amines is 2. The molecule has 0 saturated carbocycles. The number of allylic oxidation sites excluding steroid dienone is 7. The predicted molar refractivity (Wildman–Crippen MR) is 162 cm³/mol. The van der Waals surface area contributed by atoms with Gasteiger partial charge in [-0.15, -0.1) is 0 Å². The molecule has 0 aliphatic carbocycles. The molecule has 0 spiro atoms. The van der Waals surface area contributed by atoms with E-state index in [0.29, 0.717) is 5.92 Å². The van der Waals surface area contributed by atoms with Gasteiger partial charge >= 0.3 is 0 Å². The number of rotatable bonds is 9. The molecule has 2 aliphatic rings. The van der Waals surface area contributed by atoms with Crippen molar-refractivity contribution in [1.29, 1.82) is 0 Å². The van der Waals surface area contributed by atoms with Gasteiger partial charge in [0.25, 0.3) is 0 Å². The van der Waals surface area contributed by atoms with E-state index in [1.807, 2.05) is 18.3 Å². The lowest BCUT2D eigenvalue weighted by molar-refractivity contribution is 0.325. The summed E-state index contributed by atoms with van der Waals surface area (Å²) in [6.07, 6.45) is 19.3. The number of H-pyrrole nitrogens is 2. The number of hydrogen-bond donors (Lipinski definition) is 3. The molecule has 3 N–H and O–H groups in total. The number of aromatic nitrogens is 5. The van der Waals surface area contributed by atoms with Crippen LogP contribution >= 0.6 is 0 Å². The zero-order valence-electron chi connectivity index (χ0n) is 23.4. The Hall–Kier alpha value is -3.71. The summed E-state index contributed by atoms with van der Waals surface area (Å²) < 4.78 is 0. The minimum absolute atomic E-state index is 0.700. The van der Waals surface area contributed by atoms with E-state index < -0.39 is 0 Å². The standard InChI is InChI=1S/C32H41N7/c1-5-11-29(39-16-9-8-10-17-39)30-22(4)35-32(36-30)31-26-20-27(34-21-28(26)37-38-31)25(7-3)19-23(6-2)18-24-12-14-33-15-13-24/h5-7,11,19-21,24,33H,1-2,8-10,12-18H2,3-4H3,(H,35,36)(H,37,38)/b23-19+,25-7+,29-11+. The van der Waals surface area contributed by atoms with Gasteiger partial charge in [-0.2, -0.15) is 5.10 Å². The van der Waals surface area contributed by atoms with E-state index >= 15 is 0 Å². The Morgan fingerprint density at radius 3 is 2.67 bits per heavy atom. The van der Waals surface area contributed by atoms with Gasteiger partial charge in [0.2, 0.25) is 0 Å². The van der Waals surface area contributed by atoms with E-state index in [2.05, 4.69) is 76.7 Å². The Balaban J connectivity index is 1.46. The second-order valence-electron chi connectivity index (χ2n) is 10.6. The first-order valence-corrected chi connectivity index (χ1v) is 14.3. The number of likely N-dealkylation sites (tertiary alicyclic amines) is 1. The molecule has 39 heavy (non-hydrogen) atoms. The summed E-state index contributed by atoms with van der Waals surface area (Å²) >= 11 is 0. The van der Waals surface area contributed by atoms with Gasteiger partial charge < -0.3 is 15.2 Å². The lowest BCUT2D eigenvalue weighted by Gasteiger charge is -2.30. The molecular formula is C32H41N7. The van der Waals surface area contributed by atoms with Gasteiger partial charge in [0.1, 0.15) is 11.4 Å². The molecule has 5 rings (SSSR count). The zero-order valence-corrected chi connectivity index (χ0v) is 23.4. The van der Waals surface area contributed by atoms with Gasteiger partial charge in [-0.1, -0.05) is 31.4 Å². The van der Waals surface area contributed by atoms with Crippen LogP contribution in [0.2, 0.25) is 0 Å². The van der Waals surface area contributed by atoms with Crippen molar-refractivity contribution < 1.29 is 0 Å². The number of imidazole rings is 1. The highest BCUT2D eigenvalue weighted by atomic mass is 15.2. The van der Waals surface area contributed by atoms with Crippen LogP contribution in [0.15, 0.2) is 61.4 Å². The number of fused-ring (bicyclic) bond motifs is 1. The second-order valence-corrected chi connectivity index (χ2v) is 10.6. The predicted octanol–water partition coefficient (Wildman–Crippen LogP) is 6.57. The maximum absolute atomic E-state index is 5.06. The molecule has 7 nitrogen and oxygen atoms in total. The topological polar surface area (TPSA) is 85.5 Å². The number of nitrogens with zero attached hydrogens (tertiary/aromatic N) is 4. The number of piperidine rings is 2. The Morgan fingerprint density at radius 1 is 1.15 bits per heavy atom. The molecule has 0 bridgehead atoms. The van der Waals surface area contributed by atoms with Crippen LogP contribution in [0.25, 0.3) is 33.7 Å². The van der Waals surface area contributed by atoms with Crippen molar-refractivity contribution in [3.8, 4) is 11.5 Å². The van der Waals surface area contributed by atoms with Crippen molar-refractivity contribution in [2.45, 2.75) is 52.4 Å². The summed E-state index contributed by atoms with van der Waals surface area (Å²) in [7, 11) is 0. The van der Waals surface area contributed by atoms with Crippen LogP contribution in [-0.4, -0.2) is 56.2 Å². The fraction of sp³-hybridized carbons (Fsp3) is 0.406. The first-order valence-electron chi connectivity index (χ1n) is 14.3. The highest BCUT2D eigenvalue weighted by molar-refractivity contribution is 5.93. The van der Waals surface area contributed by atoms with Crippen molar-refractivity contribution in [2.24, 2.45) is 5.92 Å². The summed E-state index contributed by atoms with van der Waals surface area (Å²) in [6.45, 7) is 16.5. The van der Waals surface area contributed by atoms with Crippen LogP contribution in [0.5, 0.6) is 0 Å². The Kier molecular flexibility index (Phi) is 8.57. The van der Waals surface area contributed by atoms with Crippen LogP contribution in [0.4, 0.5) is 0 Å². The SMILES string of the molecule is C=C/C=C(\c1nc(-c2n[nH]c3cnc(C(/C=C(\C=C)CC4CCNCC4)=C/C)cc23)[nH]c1C)N1CCCCC1. The molecular weight excluding hydrogens is 482 g/mol. The lowest BCUT2D eigenvalue weighted by atomic mass is 9.90. The Morgan fingerprint density at radius 2 is 1.95 bits per heavy atom. The second kappa shape index (κ2) is 12.4. The Labute approximate surface area is 231 Å². The maximum Gasteiger partial charge on any atom is 0.159 e. The minimum atomic E-state index is 0.700. The molecule has 2 fully saturated rings. The monoisotopic (exact) mass is 523 g/mol. The van der Waals surface area contributed by atoms with Crippen LogP contribution in [0.3, 0.4) is 0 Å². The average molecular weight is 524 g/mol. The van der Waals surface area contributed by atoms with Crippen molar-refractivity contribution >= 4 is 22.2 Å². The summed E-state index contributed by atoms with van der Waals surface area (Å²) in [4.78, 5) is 15.8. The average Bonchev–Trinajstić information content (AvgIpc) is 3.57.